The molecule has 1 atom stereocenters. The quantitative estimate of drug-likeness (QED) is 0.317. The number of hydrogen-bond donors (Lipinski definition) is 0. The van der Waals surface area contributed by atoms with E-state index in [0.29, 0.717) is 0 Å². The Kier molecular flexibility index (Phi) is 7.69. The van der Waals surface area contributed by atoms with Gasteiger partial charge in [0.15, 0.2) is 0 Å². The van der Waals surface area contributed by atoms with Gasteiger partial charge in [-0.05, 0) is 12.8 Å². The van der Waals surface area contributed by atoms with Crippen molar-refractivity contribution in [3.8, 4) is 0 Å². The van der Waals surface area contributed by atoms with E-state index in [1.165, 1.54) is 4.90 Å². The van der Waals surface area contributed by atoms with E-state index in [1.54, 1.807) is 0 Å². The molecule has 1 saturated heterocycles. The van der Waals surface area contributed by atoms with Crippen LogP contribution in [0.5, 0.6) is 0 Å². The number of nitrogens with zero attached hydrogens (tertiary/aromatic N) is 1. The largest absolute Gasteiger partial charge is 1.00 e. The molecule has 0 aromatic heterocycles. The summed E-state index contributed by atoms with van der Waals surface area (Å²) in [4.78, 5) is 25.6. The number of thioether (sulfide) groups is 1. The Morgan fingerprint density at radius 3 is 2.38 bits per heavy atom. The van der Waals surface area contributed by atoms with Crippen molar-refractivity contribution in [1.29, 1.82) is 0 Å². The molecule has 1 heterocycles. The van der Waals surface area contributed by atoms with Crippen molar-refractivity contribution in [2.75, 3.05) is 11.5 Å². The van der Waals surface area contributed by atoms with Gasteiger partial charge in [0.25, 0.3) is 0 Å². The zero-order valence-electron chi connectivity index (χ0n) is 12.1. The van der Waals surface area contributed by atoms with Crippen molar-refractivity contribution in [3.05, 3.63) is 0 Å². The summed E-state index contributed by atoms with van der Waals surface area (Å²) in [6, 6.07) is 0.0117. The normalized spacial score (nSPS) is 24.2. The third-order valence-corrected chi connectivity index (χ3v) is 5.91. The summed E-state index contributed by atoms with van der Waals surface area (Å²) in [5, 5.41) is -0.522. The van der Waals surface area contributed by atoms with Gasteiger partial charge in [0.05, 0.1) is 15.4 Å². The standard InChI is InChI=1S/C12H19NO5S2.Na/c14-11-8-10(19-6-7-20(16,17)18)12(15)13(11)9-4-2-1-3-5-9;/h9-10H,1-8H2,(H,16,17,18);/q;+1/p-1. The van der Waals surface area contributed by atoms with Crippen LogP contribution in [0.3, 0.4) is 0 Å². The molecule has 9 heteroatoms. The van der Waals surface area contributed by atoms with E-state index < -0.39 is 21.1 Å². The van der Waals surface area contributed by atoms with E-state index in [9.17, 15) is 22.6 Å². The third-order valence-electron chi connectivity index (χ3n) is 3.73. The van der Waals surface area contributed by atoms with E-state index in [0.717, 1.165) is 43.9 Å². The molecular formula is C12H18NNaO5S2. The van der Waals surface area contributed by atoms with Gasteiger partial charge >= 0.3 is 29.6 Å². The molecule has 0 radical (unpaired) electrons. The van der Waals surface area contributed by atoms with Crippen LogP contribution < -0.4 is 29.6 Å². The number of carbonyl (C=O) groups excluding carboxylic acids is 2. The maximum absolute atomic E-state index is 12.2. The summed E-state index contributed by atoms with van der Waals surface area (Å²) < 4.78 is 31.6. The Balaban J connectivity index is 0.00000220. The fourth-order valence-electron chi connectivity index (χ4n) is 2.77. The van der Waals surface area contributed by atoms with Crippen molar-refractivity contribution in [1.82, 2.24) is 4.90 Å². The molecule has 114 valence electrons. The molecule has 1 aliphatic carbocycles. The van der Waals surface area contributed by atoms with Gasteiger partial charge in [0.2, 0.25) is 11.8 Å². The van der Waals surface area contributed by atoms with Crippen LogP contribution in [-0.4, -0.2) is 52.5 Å². The van der Waals surface area contributed by atoms with Crippen LogP contribution in [0.2, 0.25) is 0 Å². The van der Waals surface area contributed by atoms with E-state index in [2.05, 4.69) is 0 Å². The van der Waals surface area contributed by atoms with Crippen LogP contribution in [0.1, 0.15) is 38.5 Å². The molecule has 2 aliphatic rings. The molecule has 1 saturated carbocycles. The molecule has 0 N–H and O–H groups in total. The molecule has 6 nitrogen and oxygen atoms in total. The average Bonchev–Trinajstić information content (AvgIpc) is 2.64. The molecule has 2 amide bonds. The first-order valence-corrected chi connectivity index (χ1v) is 9.42. The van der Waals surface area contributed by atoms with Crippen LogP contribution in [0.15, 0.2) is 0 Å². The van der Waals surface area contributed by atoms with E-state index in [1.807, 2.05) is 0 Å². The van der Waals surface area contributed by atoms with Gasteiger partial charge in [-0.1, -0.05) is 19.3 Å². The molecule has 2 rings (SSSR count). The first-order chi connectivity index (χ1) is 9.38. The summed E-state index contributed by atoms with van der Waals surface area (Å²) in [6.45, 7) is 0. The van der Waals surface area contributed by atoms with Crippen LogP contribution in [0.25, 0.3) is 0 Å². The van der Waals surface area contributed by atoms with Crippen molar-refractivity contribution < 1.29 is 52.1 Å². The third kappa shape index (κ3) is 5.51. The zero-order valence-corrected chi connectivity index (χ0v) is 15.7. The maximum atomic E-state index is 12.2. The predicted molar refractivity (Wildman–Crippen MR) is 74.2 cm³/mol. The average molecular weight is 343 g/mol. The van der Waals surface area contributed by atoms with E-state index >= 15 is 0 Å². The Bertz CT molecular complexity index is 490. The van der Waals surface area contributed by atoms with Crippen LogP contribution >= 0.6 is 11.8 Å². The van der Waals surface area contributed by atoms with Gasteiger partial charge < -0.3 is 4.55 Å². The zero-order chi connectivity index (χ0) is 14.8. The van der Waals surface area contributed by atoms with Gasteiger partial charge in [-0.15, -0.1) is 11.8 Å². The second-order valence-electron chi connectivity index (χ2n) is 5.22. The molecule has 0 aromatic carbocycles. The predicted octanol–water partition coefficient (Wildman–Crippen LogP) is -2.27. The monoisotopic (exact) mass is 343 g/mol. The van der Waals surface area contributed by atoms with Gasteiger partial charge in [-0.3, -0.25) is 14.5 Å². The number of hydrogen-bond acceptors (Lipinski definition) is 6. The van der Waals surface area contributed by atoms with Crippen molar-refractivity contribution in [2.45, 2.75) is 49.8 Å². The van der Waals surface area contributed by atoms with Crippen molar-refractivity contribution in [2.24, 2.45) is 0 Å². The number of imide groups is 1. The van der Waals surface area contributed by atoms with Crippen LogP contribution in [0.4, 0.5) is 0 Å². The topological polar surface area (TPSA) is 94.6 Å². The molecule has 0 aromatic rings. The fourth-order valence-corrected chi connectivity index (χ4v) is 4.77. The number of likely N-dealkylation sites (tertiary alicyclic amines) is 1. The summed E-state index contributed by atoms with van der Waals surface area (Å²) in [6.07, 6.45) is 5.07. The Labute approximate surface area is 151 Å². The molecule has 0 spiro atoms. The second-order valence-corrected chi connectivity index (χ2v) is 8.05. The van der Waals surface area contributed by atoms with Gasteiger partial charge in [0.1, 0.15) is 0 Å². The van der Waals surface area contributed by atoms with Crippen molar-refractivity contribution >= 4 is 33.7 Å². The Morgan fingerprint density at radius 1 is 1.19 bits per heavy atom. The minimum Gasteiger partial charge on any atom is -0.748 e. The van der Waals surface area contributed by atoms with Crippen molar-refractivity contribution in [3.63, 3.8) is 0 Å². The molecular weight excluding hydrogens is 325 g/mol. The summed E-state index contributed by atoms with van der Waals surface area (Å²) in [5.74, 6) is -0.813. The molecule has 21 heavy (non-hydrogen) atoms. The van der Waals surface area contributed by atoms with E-state index in [-0.39, 0.29) is 59.6 Å². The summed E-state index contributed by atoms with van der Waals surface area (Å²) in [7, 11) is -4.26. The van der Waals surface area contributed by atoms with Crippen LogP contribution in [0, 0.1) is 0 Å². The number of amides is 2. The smallest absolute Gasteiger partial charge is 0.748 e. The minimum absolute atomic E-state index is 0. The Hall–Kier alpha value is 0.400. The SMILES string of the molecule is O=C1CC(SCCS(=O)(=O)[O-])C(=O)N1C1CCCCC1.[Na+]. The summed E-state index contributed by atoms with van der Waals surface area (Å²) >= 11 is 1.10. The number of carbonyl (C=O) groups is 2. The molecule has 2 fully saturated rings. The minimum atomic E-state index is -4.26. The first-order valence-electron chi connectivity index (χ1n) is 6.79. The molecule has 1 unspecified atom stereocenters. The van der Waals surface area contributed by atoms with Crippen LogP contribution in [-0.2, 0) is 19.7 Å². The van der Waals surface area contributed by atoms with E-state index in [4.69, 9.17) is 0 Å². The maximum Gasteiger partial charge on any atom is 1.00 e. The first kappa shape index (κ1) is 19.4. The molecule has 1 aliphatic heterocycles. The van der Waals surface area contributed by atoms with Gasteiger partial charge in [-0.2, -0.15) is 0 Å². The fraction of sp³-hybridized carbons (Fsp3) is 0.833. The number of rotatable bonds is 5. The Morgan fingerprint density at radius 2 is 1.81 bits per heavy atom. The van der Waals surface area contributed by atoms with Gasteiger partial charge in [-0.25, -0.2) is 8.42 Å². The summed E-state index contributed by atoms with van der Waals surface area (Å²) in [5.41, 5.74) is 0. The molecule has 0 bridgehead atoms. The second kappa shape index (κ2) is 8.31. The van der Waals surface area contributed by atoms with Gasteiger partial charge in [0, 0.05) is 24.0 Å².